The van der Waals surface area contributed by atoms with Gasteiger partial charge in [0.2, 0.25) is 0 Å². The van der Waals surface area contributed by atoms with Crippen molar-refractivity contribution in [3.63, 3.8) is 0 Å². The van der Waals surface area contributed by atoms with Crippen LogP contribution in [0.2, 0.25) is 0 Å². The van der Waals surface area contributed by atoms with Crippen LogP contribution in [-0.2, 0) is 6.54 Å². The lowest BCUT2D eigenvalue weighted by Gasteiger charge is -2.05. The van der Waals surface area contributed by atoms with Gasteiger partial charge < -0.3 is 9.73 Å². The van der Waals surface area contributed by atoms with Gasteiger partial charge in [0.15, 0.2) is 11.2 Å². The summed E-state index contributed by atoms with van der Waals surface area (Å²) in [4.78, 5) is 24.1. The molecule has 0 aliphatic rings. The Morgan fingerprint density at radius 1 is 1.13 bits per heavy atom. The number of hydrogen-bond acceptors (Lipinski definition) is 4. The summed E-state index contributed by atoms with van der Waals surface area (Å²) < 4.78 is 5.47. The fourth-order valence-electron chi connectivity index (χ4n) is 2.18. The van der Waals surface area contributed by atoms with Crippen molar-refractivity contribution in [1.82, 2.24) is 5.32 Å². The molecule has 112 valence electrons. The number of nitrogens with zero attached hydrogens (tertiary/aromatic N) is 1. The molecule has 0 bridgehead atoms. The molecule has 0 saturated carbocycles. The summed E-state index contributed by atoms with van der Waals surface area (Å²) in [5.41, 5.74) is 1.53. The third-order valence-corrected chi connectivity index (χ3v) is 3.39. The highest BCUT2D eigenvalue weighted by atomic mass is 16.3. The molecule has 5 nitrogen and oxygen atoms in total. The summed E-state index contributed by atoms with van der Waals surface area (Å²) in [6, 6.07) is 16.9. The van der Waals surface area contributed by atoms with Gasteiger partial charge in [-0.2, -0.15) is 5.26 Å². The third-order valence-electron chi connectivity index (χ3n) is 3.39. The zero-order valence-corrected chi connectivity index (χ0v) is 12.1. The molecule has 5 heteroatoms. The first-order valence-electron chi connectivity index (χ1n) is 6.97. The number of nitrogens with one attached hydrogen (secondary N) is 1. The zero-order valence-electron chi connectivity index (χ0n) is 12.1. The molecule has 1 heterocycles. The lowest BCUT2D eigenvalue weighted by molar-refractivity contribution is 0.0923. The Morgan fingerprint density at radius 3 is 2.61 bits per heavy atom. The molecule has 0 fully saturated rings. The van der Waals surface area contributed by atoms with E-state index in [4.69, 9.17) is 9.68 Å². The second kappa shape index (κ2) is 6.16. The summed E-state index contributed by atoms with van der Waals surface area (Å²) in [6.07, 6.45) is 0. The van der Waals surface area contributed by atoms with Crippen LogP contribution in [0.5, 0.6) is 0 Å². The summed E-state index contributed by atoms with van der Waals surface area (Å²) in [6.45, 7) is 0.279. The number of benzene rings is 2. The number of carbonyl (C=O) groups is 1. The van der Waals surface area contributed by atoms with Gasteiger partial charge in [-0.1, -0.05) is 24.3 Å². The van der Waals surface area contributed by atoms with Gasteiger partial charge in [-0.05, 0) is 29.8 Å². The van der Waals surface area contributed by atoms with Crippen molar-refractivity contribution in [1.29, 1.82) is 5.26 Å². The first-order valence-corrected chi connectivity index (χ1v) is 6.97. The van der Waals surface area contributed by atoms with Crippen LogP contribution < -0.4 is 10.7 Å². The minimum atomic E-state index is -0.461. The van der Waals surface area contributed by atoms with Crippen LogP contribution in [0.4, 0.5) is 0 Å². The molecule has 0 aliphatic carbocycles. The maximum atomic E-state index is 12.1. The van der Waals surface area contributed by atoms with E-state index >= 15 is 0 Å². The Kier molecular flexibility index (Phi) is 3.89. The SMILES string of the molecule is N#Cc1ccc(CNC(=O)c2cc(=O)c3ccccc3o2)cc1. The number of nitriles is 1. The monoisotopic (exact) mass is 304 g/mol. The van der Waals surface area contributed by atoms with E-state index in [1.165, 1.54) is 6.07 Å². The lowest BCUT2D eigenvalue weighted by Crippen LogP contribution is -2.24. The molecule has 0 aliphatic heterocycles. The van der Waals surface area contributed by atoms with E-state index in [9.17, 15) is 9.59 Å². The van der Waals surface area contributed by atoms with Gasteiger partial charge >= 0.3 is 0 Å². The van der Waals surface area contributed by atoms with E-state index in [2.05, 4.69) is 5.32 Å². The van der Waals surface area contributed by atoms with Crippen molar-refractivity contribution in [2.45, 2.75) is 6.54 Å². The summed E-state index contributed by atoms with van der Waals surface area (Å²) in [5.74, 6) is -0.487. The van der Waals surface area contributed by atoms with Gasteiger partial charge in [0.25, 0.3) is 5.91 Å². The van der Waals surface area contributed by atoms with E-state index in [-0.39, 0.29) is 17.7 Å². The highest BCUT2D eigenvalue weighted by molar-refractivity contribution is 5.93. The minimum absolute atomic E-state index is 0.0256. The smallest absolute Gasteiger partial charge is 0.287 e. The molecular weight excluding hydrogens is 292 g/mol. The van der Waals surface area contributed by atoms with Gasteiger partial charge in [-0.3, -0.25) is 9.59 Å². The number of hydrogen-bond donors (Lipinski definition) is 1. The number of amides is 1. The average Bonchev–Trinajstić information content (AvgIpc) is 2.60. The van der Waals surface area contributed by atoms with E-state index in [1.807, 2.05) is 6.07 Å². The molecule has 0 unspecified atom stereocenters. The summed E-state index contributed by atoms with van der Waals surface area (Å²) in [7, 11) is 0. The van der Waals surface area contributed by atoms with Crippen molar-refractivity contribution in [3.8, 4) is 6.07 Å². The normalized spacial score (nSPS) is 10.2. The second-order valence-corrected chi connectivity index (χ2v) is 4.96. The summed E-state index contributed by atoms with van der Waals surface area (Å²) >= 11 is 0. The van der Waals surface area contributed by atoms with Crippen molar-refractivity contribution in [2.75, 3.05) is 0 Å². The zero-order chi connectivity index (χ0) is 16.2. The largest absolute Gasteiger partial charge is 0.451 e. The predicted molar refractivity (Wildman–Crippen MR) is 84.8 cm³/mol. The fraction of sp³-hybridized carbons (Fsp3) is 0.0556. The van der Waals surface area contributed by atoms with Crippen LogP contribution in [0.1, 0.15) is 21.7 Å². The Bertz CT molecular complexity index is 966. The highest BCUT2D eigenvalue weighted by Gasteiger charge is 2.11. The predicted octanol–water partition coefficient (Wildman–Crippen LogP) is 2.59. The number of fused-ring (bicyclic) bond motifs is 1. The molecule has 1 aromatic heterocycles. The molecule has 3 rings (SSSR count). The molecule has 2 aromatic carbocycles. The van der Waals surface area contributed by atoms with Crippen molar-refractivity contribution in [3.05, 3.63) is 81.7 Å². The van der Waals surface area contributed by atoms with Gasteiger partial charge in [0, 0.05) is 12.6 Å². The topological polar surface area (TPSA) is 83.1 Å². The maximum absolute atomic E-state index is 12.1. The van der Waals surface area contributed by atoms with Crippen LogP contribution in [0.3, 0.4) is 0 Å². The van der Waals surface area contributed by atoms with E-state index in [0.717, 1.165) is 5.56 Å². The Hall–Kier alpha value is -3.39. The van der Waals surface area contributed by atoms with E-state index < -0.39 is 5.91 Å². The van der Waals surface area contributed by atoms with Crippen LogP contribution in [0.25, 0.3) is 11.0 Å². The van der Waals surface area contributed by atoms with Crippen molar-refractivity contribution < 1.29 is 9.21 Å². The van der Waals surface area contributed by atoms with Crippen LogP contribution in [0, 0.1) is 11.3 Å². The molecule has 23 heavy (non-hydrogen) atoms. The molecule has 3 aromatic rings. The molecule has 0 saturated heterocycles. The lowest BCUT2D eigenvalue weighted by atomic mass is 10.1. The van der Waals surface area contributed by atoms with Crippen LogP contribution >= 0.6 is 0 Å². The molecule has 0 atom stereocenters. The van der Waals surface area contributed by atoms with E-state index in [1.54, 1.807) is 48.5 Å². The number of para-hydroxylation sites is 1. The molecular formula is C18H12N2O3. The van der Waals surface area contributed by atoms with Gasteiger partial charge in [0.05, 0.1) is 17.0 Å². The first-order chi connectivity index (χ1) is 11.2. The van der Waals surface area contributed by atoms with Gasteiger partial charge in [0.1, 0.15) is 5.58 Å². The Morgan fingerprint density at radius 2 is 1.87 bits per heavy atom. The van der Waals surface area contributed by atoms with Crippen molar-refractivity contribution >= 4 is 16.9 Å². The standard InChI is InChI=1S/C18H12N2O3/c19-10-12-5-7-13(8-6-12)11-20-18(22)17-9-15(21)14-3-1-2-4-16(14)23-17/h1-9H,11H2,(H,20,22). The molecule has 0 radical (unpaired) electrons. The molecule has 1 amide bonds. The first kappa shape index (κ1) is 14.5. The summed E-state index contributed by atoms with van der Waals surface area (Å²) in [5, 5.41) is 11.9. The average molecular weight is 304 g/mol. The maximum Gasteiger partial charge on any atom is 0.287 e. The number of rotatable bonds is 3. The Balaban J connectivity index is 1.78. The third kappa shape index (κ3) is 3.11. The Labute approximate surface area is 131 Å². The molecule has 1 N–H and O–H groups in total. The van der Waals surface area contributed by atoms with E-state index in [0.29, 0.717) is 16.5 Å². The van der Waals surface area contributed by atoms with Gasteiger partial charge in [-0.25, -0.2) is 0 Å². The number of carbonyl (C=O) groups excluding carboxylic acids is 1. The quantitative estimate of drug-likeness (QED) is 0.806. The fourth-order valence-corrected chi connectivity index (χ4v) is 2.18. The van der Waals surface area contributed by atoms with Crippen LogP contribution in [0.15, 0.2) is 63.8 Å². The van der Waals surface area contributed by atoms with Crippen molar-refractivity contribution in [2.24, 2.45) is 0 Å². The second-order valence-electron chi connectivity index (χ2n) is 4.96. The minimum Gasteiger partial charge on any atom is -0.451 e. The van der Waals surface area contributed by atoms with Gasteiger partial charge in [-0.15, -0.1) is 0 Å². The highest BCUT2D eigenvalue weighted by Crippen LogP contribution is 2.12. The van der Waals surface area contributed by atoms with Crippen LogP contribution in [-0.4, -0.2) is 5.91 Å². The molecule has 0 spiro atoms.